The fraction of sp³-hybridized carbons (Fsp3) is 0.238. The smallest absolute Gasteiger partial charge is 0.0718 e. The molecule has 0 amide bonds. The predicted octanol–water partition coefficient (Wildman–Crippen LogP) is 13.9. The van der Waals surface area contributed by atoms with Crippen LogP contribution in [0, 0.1) is 0 Å². The SMILES string of the molecule is C=C1SC2=C(SCSC3=C(SCS2)SC(=CCC=C2SC4=C(S2)SC(=C2SC5=C(SCCS5)S2)S4)S3)S1. The molecule has 0 spiro atoms. The molecule has 7 aliphatic rings. The van der Waals surface area contributed by atoms with Crippen LogP contribution in [0.25, 0.3) is 0 Å². The molecule has 0 bridgehead atoms. The number of allylic oxidation sites excluding steroid dienone is 2. The molecule has 7 rings (SSSR count). The van der Waals surface area contributed by atoms with E-state index in [0.717, 1.165) is 16.6 Å². The lowest BCUT2D eigenvalue weighted by atomic mass is 10.4. The Morgan fingerprint density at radius 1 is 0.432 bits per heavy atom. The largest absolute Gasteiger partial charge is 0.116 e. The zero-order chi connectivity index (χ0) is 24.8. The lowest BCUT2D eigenvalue weighted by Crippen LogP contribution is -1.88. The Kier molecular flexibility index (Phi) is 10.8. The van der Waals surface area contributed by atoms with Crippen molar-refractivity contribution in [2.75, 3.05) is 21.7 Å². The van der Waals surface area contributed by atoms with Gasteiger partial charge in [0.15, 0.2) is 0 Å². The van der Waals surface area contributed by atoms with Crippen molar-refractivity contribution in [2.45, 2.75) is 6.42 Å². The number of hydrogen-bond acceptors (Lipinski definition) is 16. The second-order valence-corrected chi connectivity index (χ2v) is 27.8. The monoisotopic (exact) mass is 778 g/mol. The van der Waals surface area contributed by atoms with Gasteiger partial charge >= 0.3 is 0 Å². The van der Waals surface area contributed by atoms with Crippen LogP contribution in [0.5, 0.6) is 0 Å². The van der Waals surface area contributed by atoms with E-state index in [9.17, 15) is 0 Å². The van der Waals surface area contributed by atoms with E-state index in [1.807, 2.05) is 188 Å². The Hall–Kier alpha value is 3.52. The second kappa shape index (κ2) is 13.7. The molecule has 37 heavy (non-hydrogen) atoms. The van der Waals surface area contributed by atoms with E-state index in [1.54, 1.807) is 8.47 Å². The first-order valence-corrected chi connectivity index (χ1v) is 24.6. The van der Waals surface area contributed by atoms with E-state index in [2.05, 4.69) is 18.7 Å². The molecule has 0 aromatic heterocycles. The highest BCUT2D eigenvalue weighted by Gasteiger charge is 2.35. The van der Waals surface area contributed by atoms with Gasteiger partial charge in [-0.2, -0.15) is 0 Å². The van der Waals surface area contributed by atoms with E-state index in [-0.39, 0.29) is 0 Å². The van der Waals surface area contributed by atoms with E-state index < -0.39 is 0 Å². The molecule has 0 aromatic rings. The highest BCUT2D eigenvalue weighted by Crippen LogP contribution is 2.71. The Labute approximate surface area is 285 Å². The third-order valence-corrected chi connectivity index (χ3v) is 27.5. The Morgan fingerprint density at radius 2 is 0.784 bits per heavy atom. The van der Waals surface area contributed by atoms with Gasteiger partial charge in [-0.25, -0.2) is 0 Å². The summed E-state index contributed by atoms with van der Waals surface area (Å²) in [5.41, 5.74) is 0. The molecule has 0 saturated carbocycles. The fourth-order valence-corrected chi connectivity index (χ4v) is 28.0. The van der Waals surface area contributed by atoms with Crippen molar-refractivity contribution in [1.82, 2.24) is 0 Å². The van der Waals surface area contributed by atoms with Crippen LogP contribution >= 0.6 is 188 Å². The molecular formula is C21H14S16. The van der Waals surface area contributed by atoms with Gasteiger partial charge in [0.25, 0.3) is 0 Å². The standard InChI is InChI=1S/C21H14S16/c1-9-28-14-15(29-9)25-8-27-17-16(26-7-24-14)30-10(31-17)3-2-4-11-32-18-19(33-11)37-21(36-18)20-34-12-13(35-20)23-6-5-22-12/h3-4H,1-2,5-8H2. The van der Waals surface area contributed by atoms with Crippen LogP contribution in [-0.2, 0) is 0 Å². The first-order chi connectivity index (χ1) is 18.2. The zero-order valence-corrected chi connectivity index (χ0v) is 31.5. The first kappa shape index (κ1) is 29.2. The van der Waals surface area contributed by atoms with Crippen LogP contribution < -0.4 is 0 Å². The minimum absolute atomic E-state index is 1.01. The Balaban J connectivity index is 0.907. The van der Waals surface area contributed by atoms with Crippen molar-refractivity contribution >= 4 is 188 Å². The minimum Gasteiger partial charge on any atom is -0.116 e. The number of hydrogen-bond donors (Lipinski definition) is 0. The van der Waals surface area contributed by atoms with E-state index in [1.165, 1.54) is 58.1 Å². The Morgan fingerprint density at radius 3 is 1.27 bits per heavy atom. The van der Waals surface area contributed by atoms with Crippen molar-refractivity contribution < 1.29 is 0 Å². The van der Waals surface area contributed by atoms with Gasteiger partial charge in [0, 0.05) is 34.4 Å². The second-order valence-electron chi connectivity index (χ2n) is 7.06. The molecule has 194 valence electrons. The Bertz CT molecular complexity index is 1200. The summed E-state index contributed by atoms with van der Waals surface area (Å²) >= 11 is 31.7. The number of rotatable bonds is 2. The van der Waals surface area contributed by atoms with Gasteiger partial charge in [0.1, 0.15) is 0 Å². The molecule has 0 aromatic carbocycles. The quantitative estimate of drug-likeness (QED) is 0.261. The van der Waals surface area contributed by atoms with Gasteiger partial charge in [-0.05, 0) is 6.42 Å². The van der Waals surface area contributed by atoms with Crippen molar-refractivity contribution in [2.24, 2.45) is 0 Å². The molecule has 0 nitrogen and oxygen atoms in total. The normalized spacial score (nSPS) is 26.4. The molecule has 0 saturated heterocycles. The van der Waals surface area contributed by atoms with Crippen molar-refractivity contribution in [3.63, 3.8) is 0 Å². The highest BCUT2D eigenvalue weighted by atomic mass is 32.3. The molecular weight excluding hydrogens is 765 g/mol. The summed E-state index contributed by atoms with van der Waals surface area (Å²) in [6.45, 7) is 4.16. The summed E-state index contributed by atoms with van der Waals surface area (Å²) in [4.78, 5) is 0. The van der Waals surface area contributed by atoms with Gasteiger partial charge < -0.3 is 0 Å². The maximum absolute atomic E-state index is 4.16. The molecule has 16 heteroatoms. The zero-order valence-electron chi connectivity index (χ0n) is 18.4. The maximum Gasteiger partial charge on any atom is 0.0718 e. The minimum atomic E-state index is 1.01. The fourth-order valence-electron chi connectivity index (χ4n) is 3.13. The van der Waals surface area contributed by atoms with Gasteiger partial charge in [-0.3, -0.25) is 0 Å². The molecule has 0 unspecified atom stereocenters. The van der Waals surface area contributed by atoms with Crippen LogP contribution in [0.1, 0.15) is 6.42 Å². The van der Waals surface area contributed by atoms with Crippen LogP contribution in [-0.4, -0.2) is 21.7 Å². The topological polar surface area (TPSA) is 0 Å². The van der Waals surface area contributed by atoms with Gasteiger partial charge in [0.2, 0.25) is 0 Å². The summed E-state index contributed by atoms with van der Waals surface area (Å²) in [6, 6.07) is 0. The number of thioether (sulfide) groups is 16. The van der Waals surface area contributed by atoms with Crippen molar-refractivity contribution in [1.29, 1.82) is 0 Å². The molecule has 0 fully saturated rings. The van der Waals surface area contributed by atoms with Gasteiger partial charge in [-0.1, -0.05) is 136 Å². The summed E-state index contributed by atoms with van der Waals surface area (Å²) in [5.74, 6) is 2.51. The summed E-state index contributed by atoms with van der Waals surface area (Å²) in [6.07, 6.45) is 5.87. The highest BCUT2D eigenvalue weighted by molar-refractivity contribution is 8.50. The lowest BCUT2D eigenvalue weighted by molar-refractivity contribution is 1.41. The third kappa shape index (κ3) is 7.10. The lowest BCUT2D eigenvalue weighted by Gasteiger charge is -2.09. The maximum atomic E-state index is 4.16. The van der Waals surface area contributed by atoms with E-state index in [4.69, 9.17) is 0 Å². The average molecular weight is 779 g/mol. The summed E-state index contributed by atoms with van der Waals surface area (Å²) in [7, 11) is 0. The van der Waals surface area contributed by atoms with Crippen LogP contribution in [0.15, 0.2) is 73.8 Å². The molecule has 0 aliphatic carbocycles. The molecule has 0 radical (unpaired) electrons. The van der Waals surface area contributed by atoms with E-state index in [0.29, 0.717) is 0 Å². The molecule has 0 N–H and O–H groups in total. The predicted molar refractivity (Wildman–Crippen MR) is 206 cm³/mol. The van der Waals surface area contributed by atoms with E-state index >= 15 is 0 Å². The first-order valence-electron chi connectivity index (χ1n) is 10.5. The van der Waals surface area contributed by atoms with Gasteiger partial charge in [-0.15, -0.1) is 70.6 Å². The molecule has 0 atom stereocenters. The summed E-state index contributed by atoms with van der Waals surface area (Å²) in [5, 5.41) is 2.16. The van der Waals surface area contributed by atoms with Crippen LogP contribution in [0.4, 0.5) is 0 Å². The van der Waals surface area contributed by atoms with Crippen LogP contribution in [0.3, 0.4) is 0 Å². The third-order valence-electron chi connectivity index (χ3n) is 4.64. The average Bonchev–Trinajstić information content (AvgIpc) is 3.68. The summed E-state index contributed by atoms with van der Waals surface area (Å²) < 4.78 is 19.1. The van der Waals surface area contributed by atoms with Crippen molar-refractivity contribution in [3.8, 4) is 0 Å². The molecule has 7 aliphatic heterocycles. The van der Waals surface area contributed by atoms with Gasteiger partial charge in [0.05, 0.1) is 42.4 Å². The molecule has 7 heterocycles. The van der Waals surface area contributed by atoms with Crippen LogP contribution in [0.2, 0.25) is 0 Å². The van der Waals surface area contributed by atoms with Crippen molar-refractivity contribution in [3.05, 3.63) is 73.8 Å².